The van der Waals surface area contributed by atoms with Crippen molar-refractivity contribution in [3.05, 3.63) is 28.3 Å². The van der Waals surface area contributed by atoms with Crippen LogP contribution < -0.4 is 0 Å². The van der Waals surface area contributed by atoms with Gasteiger partial charge in [0.15, 0.2) is 0 Å². The van der Waals surface area contributed by atoms with Crippen LogP contribution in [-0.4, -0.2) is 4.98 Å². The molecular formula is C7H5ClF3N. The van der Waals surface area contributed by atoms with Gasteiger partial charge in [-0.05, 0) is 12.5 Å². The molecule has 1 aromatic heterocycles. The third-order valence-corrected chi connectivity index (χ3v) is 1.81. The summed E-state index contributed by atoms with van der Waals surface area (Å²) < 4.78 is 36.6. The summed E-state index contributed by atoms with van der Waals surface area (Å²) in [5, 5.41) is -0.0298. The molecule has 0 fully saturated rings. The molecule has 0 amide bonds. The standard InChI is InChI=1S/C7H5ClF3N/c1-3-4(8)2-5(9)12-6(3)7(10)11/h2,7H,1H3. The van der Waals surface area contributed by atoms with Crippen molar-refractivity contribution in [2.24, 2.45) is 0 Å². The summed E-state index contributed by atoms with van der Waals surface area (Å²) in [5.74, 6) is -0.985. The molecule has 1 nitrogen and oxygen atoms in total. The third-order valence-electron chi connectivity index (χ3n) is 1.42. The number of pyridine rings is 1. The second kappa shape index (κ2) is 3.31. The summed E-state index contributed by atoms with van der Waals surface area (Å²) in [6.45, 7) is 1.37. The van der Waals surface area contributed by atoms with E-state index >= 15 is 0 Å². The highest BCUT2D eigenvalue weighted by Gasteiger charge is 2.15. The maximum absolute atomic E-state index is 12.4. The summed E-state index contributed by atoms with van der Waals surface area (Å²) >= 11 is 5.45. The second-order valence-corrected chi connectivity index (χ2v) is 2.64. The van der Waals surface area contributed by atoms with E-state index in [1.165, 1.54) is 6.92 Å². The van der Waals surface area contributed by atoms with Gasteiger partial charge in [-0.1, -0.05) is 11.6 Å². The van der Waals surface area contributed by atoms with Crippen molar-refractivity contribution in [3.63, 3.8) is 0 Å². The van der Waals surface area contributed by atoms with E-state index in [9.17, 15) is 13.2 Å². The van der Waals surface area contributed by atoms with Crippen molar-refractivity contribution < 1.29 is 13.2 Å². The number of rotatable bonds is 1. The molecule has 5 heteroatoms. The monoisotopic (exact) mass is 195 g/mol. The number of hydrogen-bond donors (Lipinski definition) is 0. The normalized spacial score (nSPS) is 10.8. The van der Waals surface area contributed by atoms with Crippen LogP contribution in [0.2, 0.25) is 5.02 Å². The summed E-state index contributed by atoms with van der Waals surface area (Å²) in [4.78, 5) is 3.03. The van der Waals surface area contributed by atoms with Gasteiger partial charge in [-0.3, -0.25) is 0 Å². The molecule has 1 heterocycles. The van der Waals surface area contributed by atoms with E-state index in [2.05, 4.69) is 4.98 Å². The Morgan fingerprint density at radius 2 is 2.08 bits per heavy atom. The number of nitrogens with zero attached hydrogens (tertiary/aromatic N) is 1. The first-order valence-electron chi connectivity index (χ1n) is 3.13. The Morgan fingerprint density at radius 3 is 2.58 bits per heavy atom. The fourth-order valence-corrected chi connectivity index (χ4v) is 0.966. The average molecular weight is 196 g/mol. The molecule has 0 radical (unpaired) electrons. The van der Waals surface area contributed by atoms with Crippen molar-refractivity contribution in [2.45, 2.75) is 13.3 Å². The van der Waals surface area contributed by atoms with Gasteiger partial charge in [-0.15, -0.1) is 0 Å². The van der Waals surface area contributed by atoms with Crippen LogP contribution in [-0.2, 0) is 0 Å². The molecule has 0 saturated carbocycles. The molecular weight excluding hydrogens is 191 g/mol. The minimum atomic E-state index is -2.79. The maximum atomic E-state index is 12.4. The van der Waals surface area contributed by atoms with Gasteiger partial charge in [0.2, 0.25) is 5.95 Å². The first kappa shape index (κ1) is 9.32. The van der Waals surface area contributed by atoms with Crippen LogP contribution in [0.25, 0.3) is 0 Å². The van der Waals surface area contributed by atoms with Crippen LogP contribution in [0.5, 0.6) is 0 Å². The van der Waals surface area contributed by atoms with Crippen LogP contribution in [0.4, 0.5) is 13.2 Å². The molecule has 0 unspecified atom stereocenters. The molecule has 1 rings (SSSR count). The Morgan fingerprint density at radius 1 is 1.50 bits per heavy atom. The van der Waals surface area contributed by atoms with Crippen molar-refractivity contribution in [2.75, 3.05) is 0 Å². The second-order valence-electron chi connectivity index (χ2n) is 2.24. The maximum Gasteiger partial charge on any atom is 0.280 e. The Balaban J connectivity index is 3.28. The van der Waals surface area contributed by atoms with Gasteiger partial charge in [-0.25, -0.2) is 13.8 Å². The zero-order valence-corrected chi connectivity index (χ0v) is 6.87. The zero-order valence-electron chi connectivity index (χ0n) is 6.11. The molecule has 66 valence electrons. The van der Waals surface area contributed by atoms with Gasteiger partial charge in [0, 0.05) is 6.07 Å². The fraction of sp³-hybridized carbons (Fsp3) is 0.286. The quantitative estimate of drug-likeness (QED) is 0.628. The molecule has 1 aromatic rings. The van der Waals surface area contributed by atoms with Crippen LogP contribution in [0.1, 0.15) is 17.7 Å². The first-order valence-corrected chi connectivity index (χ1v) is 3.51. The first-order chi connectivity index (χ1) is 5.52. The topological polar surface area (TPSA) is 12.9 Å². The van der Waals surface area contributed by atoms with Crippen molar-refractivity contribution in [3.8, 4) is 0 Å². The van der Waals surface area contributed by atoms with E-state index in [0.717, 1.165) is 6.07 Å². The van der Waals surface area contributed by atoms with E-state index in [1.807, 2.05) is 0 Å². The van der Waals surface area contributed by atoms with E-state index in [-0.39, 0.29) is 10.6 Å². The molecule has 0 saturated heterocycles. The predicted molar refractivity (Wildman–Crippen MR) is 38.9 cm³/mol. The van der Waals surface area contributed by atoms with Gasteiger partial charge in [0.05, 0.1) is 5.02 Å². The van der Waals surface area contributed by atoms with E-state index in [0.29, 0.717) is 0 Å². The predicted octanol–water partition coefficient (Wildman–Crippen LogP) is 3.12. The molecule has 0 N–H and O–H groups in total. The zero-order chi connectivity index (χ0) is 9.30. The van der Waals surface area contributed by atoms with Crippen molar-refractivity contribution in [1.29, 1.82) is 0 Å². The van der Waals surface area contributed by atoms with Gasteiger partial charge in [0.25, 0.3) is 6.43 Å². The molecule has 12 heavy (non-hydrogen) atoms. The Kier molecular flexibility index (Phi) is 2.57. The van der Waals surface area contributed by atoms with Gasteiger partial charge in [-0.2, -0.15) is 4.39 Å². The lowest BCUT2D eigenvalue weighted by Crippen LogP contribution is -1.97. The third kappa shape index (κ3) is 1.69. The SMILES string of the molecule is Cc1c(Cl)cc(F)nc1C(F)F. The number of aromatic nitrogens is 1. The largest absolute Gasteiger partial charge is 0.280 e. The Bertz CT molecular complexity index is 301. The van der Waals surface area contributed by atoms with Gasteiger partial charge in [0.1, 0.15) is 5.69 Å². The minimum absolute atomic E-state index is 0.0298. The molecule has 0 aromatic carbocycles. The van der Waals surface area contributed by atoms with Crippen LogP contribution in [0.15, 0.2) is 6.07 Å². The molecule has 0 aliphatic carbocycles. The van der Waals surface area contributed by atoms with Crippen LogP contribution in [0, 0.1) is 12.9 Å². The molecule has 0 bridgehead atoms. The molecule has 0 aliphatic heterocycles. The Hall–Kier alpha value is -0.770. The summed E-state index contributed by atoms with van der Waals surface area (Å²) in [7, 11) is 0. The highest BCUT2D eigenvalue weighted by atomic mass is 35.5. The average Bonchev–Trinajstić information content (AvgIpc) is 1.96. The van der Waals surface area contributed by atoms with Gasteiger partial charge >= 0.3 is 0 Å². The van der Waals surface area contributed by atoms with E-state index < -0.39 is 18.1 Å². The lowest BCUT2D eigenvalue weighted by Gasteiger charge is -2.04. The fourth-order valence-electron chi connectivity index (χ4n) is 0.779. The minimum Gasteiger partial charge on any atom is -0.218 e. The molecule has 0 aliphatic rings. The summed E-state index contributed by atoms with van der Waals surface area (Å²) in [5.41, 5.74) is -0.479. The van der Waals surface area contributed by atoms with Crippen molar-refractivity contribution in [1.82, 2.24) is 4.98 Å². The molecule has 0 spiro atoms. The van der Waals surface area contributed by atoms with E-state index in [4.69, 9.17) is 11.6 Å². The van der Waals surface area contributed by atoms with Crippen molar-refractivity contribution >= 4 is 11.6 Å². The number of hydrogen-bond acceptors (Lipinski definition) is 1. The van der Waals surface area contributed by atoms with Gasteiger partial charge < -0.3 is 0 Å². The van der Waals surface area contributed by atoms with Crippen LogP contribution in [0.3, 0.4) is 0 Å². The highest BCUT2D eigenvalue weighted by molar-refractivity contribution is 6.31. The Labute approximate surface area is 72.2 Å². The number of halogens is 4. The lowest BCUT2D eigenvalue weighted by atomic mass is 10.2. The van der Waals surface area contributed by atoms with E-state index in [1.54, 1.807) is 0 Å². The summed E-state index contributed by atoms with van der Waals surface area (Å²) in [6, 6.07) is 0.906. The number of alkyl halides is 2. The summed E-state index contributed by atoms with van der Waals surface area (Å²) in [6.07, 6.45) is -2.79. The highest BCUT2D eigenvalue weighted by Crippen LogP contribution is 2.25. The smallest absolute Gasteiger partial charge is 0.218 e. The van der Waals surface area contributed by atoms with Crippen LogP contribution >= 0.6 is 11.6 Å². The molecule has 0 atom stereocenters. The lowest BCUT2D eigenvalue weighted by molar-refractivity contribution is 0.144.